The van der Waals surface area contributed by atoms with Crippen LogP contribution in [0, 0.1) is 6.92 Å². The molecule has 6 nitrogen and oxygen atoms in total. The van der Waals surface area contributed by atoms with Crippen LogP contribution in [-0.4, -0.2) is 20.5 Å². The SMILES string of the molecule is Cc1ccn2c(N=Nc3ccc(C(=O)O)cc3)c(C(C)(C)C)nc2c1. The number of carbonyl (C=O) groups is 1. The molecule has 0 saturated carbocycles. The van der Waals surface area contributed by atoms with E-state index in [0.717, 1.165) is 16.9 Å². The maximum atomic E-state index is 10.9. The highest BCUT2D eigenvalue weighted by molar-refractivity contribution is 5.87. The summed E-state index contributed by atoms with van der Waals surface area (Å²) in [5.74, 6) is -0.277. The number of aromatic nitrogens is 2. The van der Waals surface area contributed by atoms with Crippen molar-refractivity contribution in [1.29, 1.82) is 0 Å². The summed E-state index contributed by atoms with van der Waals surface area (Å²) in [6.07, 6.45) is 1.94. The number of carboxylic acids is 1. The summed E-state index contributed by atoms with van der Waals surface area (Å²) in [5.41, 5.74) is 3.46. The standard InChI is InChI=1S/C19H20N4O2/c1-12-9-10-23-15(11-12)20-16(19(2,3)4)17(23)22-21-14-7-5-13(6-8-14)18(24)25/h5-11H,1-4H3,(H,24,25). The van der Waals surface area contributed by atoms with E-state index in [-0.39, 0.29) is 11.0 Å². The second-order valence-electron chi connectivity index (χ2n) is 7.02. The van der Waals surface area contributed by atoms with Gasteiger partial charge in [-0.1, -0.05) is 20.8 Å². The first-order chi connectivity index (χ1) is 11.8. The summed E-state index contributed by atoms with van der Waals surface area (Å²) in [4.78, 5) is 15.6. The number of hydrogen-bond donors (Lipinski definition) is 1. The van der Waals surface area contributed by atoms with E-state index in [9.17, 15) is 4.79 Å². The maximum Gasteiger partial charge on any atom is 0.335 e. The maximum absolute atomic E-state index is 10.9. The fourth-order valence-corrected chi connectivity index (χ4v) is 2.51. The molecule has 25 heavy (non-hydrogen) atoms. The number of aromatic carboxylic acids is 1. The average Bonchev–Trinajstić information content (AvgIpc) is 2.91. The van der Waals surface area contributed by atoms with E-state index in [1.54, 1.807) is 12.1 Å². The molecule has 0 radical (unpaired) electrons. The smallest absolute Gasteiger partial charge is 0.335 e. The summed E-state index contributed by atoms with van der Waals surface area (Å²) < 4.78 is 1.92. The number of benzene rings is 1. The normalized spacial score (nSPS) is 12.2. The van der Waals surface area contributed by atoms with E-state index in [1.165, 1.54) is 12.1 Å². The van der Waals surface area contributed by atoms with E-state index >= 15 is 0 Å². The van der Waals surface area contributed by atoms with Gasteiger partial charge in [0.1, 0.15) is 5.65 Å². The van der Waals surface area contributed by atoms with Crippen LogP contribution < -0.4 is 0 Å². The van der Waals surface area contributed by atoms with Crippen molar-refractivity contribution in [2.45, 2.75) is 33.1 Å². The van der Waals surface area contributed by atoms with E-state index in [1.807, 2.05) is 29.7 Å². The highest BCUT2D eigenvalue weighted by Gasteiger charge is 2.24. The van der Waals surface area contributed by atoms with E-state index in [4.69, 9.17) is 10.1 Å². The predicted molar refractivity (Wildman–Crippen MR) is 96.2 cm³/mol. The zero-order valence-electron chi connectivity index (χ0n) is 14.7. The first-order valence-electron chi connectivity index (χ1n) is 8.00. The number of pyridine rings is 1. The predicted octanol–water partition coefficient (Wildman–Crippen LogP) is 5.05. The number of imidazole rings is 1. The molecule has 1 aromatic carbocycles. The van der Waals surface area contributed by atoms with Crippen molar-refractivity contribution in [1.82, 2.24) is 9.38 Å². The van der Waals surface area contributed by atoms with Gasteiger partial charge in [0, 0.05) is 11.6 Å². The third-order valence-corrected chi connectivity index (χ3v) is 3.84. The van der Waals surface area contributed by atoms with Gasteiger partial charge < -0.3 is 5.11 Å². The Kier molecular flexibility index (Phi) is 4.12. The van der Waals surface area contributed by atoms with Crippen LogP contribution in [-0.2, 0) is 5.41 Å². The molecule has 2 heterocycles. The van der Waals surface area contributed by atoms with E-state index < -0.39 is 5.97 Å². The molecule has 0 unspecified atom stereocenters. The van der Waals surface area contributed by atoms with E-state index in [2.05, 4.69) is 31.0 Å². The summed E-state index contributed by atoms with van der Waals surface area (Å²) in [7, 11) is 0. The van der Waals surface area contributed by atoms with Crippen LogP contribution in [0.3, 0.4) is 0 Å². The van der Waals surface area contributed by atoms with Crippen molar-refractivity contribution in [2.75, 3.05) is 0 Å². The number of rotatable bonds is 3. The molecule has 6 heteroatoms. The van der Waals surface area contributed by atoms with Crippen molar-refractivity contribution >= 4 is 23.1 Å². The summed E-state index contributed by atoms with van der Waals surface area (Å²) in [6, 6.07) is 10.3. The Labute approximate surface area is 145 Å². The number of carboxylic acid groups (broad SMARTS) is 1. The lowest BCUT2D eigenvalue weighted by Crippen LogP contribution is -2.11. The molecule has 128 valence electrons. The van der Waals surface area contributed by atoms with Crippen molar-refractivity contribution in [3.05, 3.63) is 59.4 Å². The van der Waals surface area contributed by atoms with Gasteiger partial charge in [-0.25, -0.2) is 9.78 Å². The Morgan fingerprint density at radius 3 is 2.40 bits per heavy atom. The van der Waals surface area contributed by atoms with Gasteiger partial charge in [0.15, 0.2) is 5.82 Å². The third-order valence-electron chi connectivity index (χ3n) is 3.84. The van der Waals surface area contributed by atoms with Crippen molar-refractivity contribution in [3.8, 4) is 0 Å². The third kappa shape index (κ3) is 3.42. The van der Waals surface area contributed by atoms with Crippen molar-refractivity contribution < 1.29 is 9.90 Å². The largest absolute Gasteiger partial charge is 0.478 e. The molecule has 0 spiro atoms. The van der Waals surface area contributed by atoms with Gasteiger partial charge >= 0.3 is 5.97 Å². The molecule has 0 aliphatic carbocycles. The Morgan fingerprint density at radius 1 is 1.12 bits per heavy atom. The van der Waals surface area contributed by atoms with E-state index in [0.29, 0.717) is 11.5 Å². The minimum Gasteiger partial charge on any atom is -0.478 e. The van der Waals surface area contributed by atoms with Gasteiger partial charge in [-0.2, -0.15) is 0 Å². The molecule has 0 aliphatic rings. The molecule has 0 saturated heterocycles. The van der Waals surface area contributed by atoms with Gasteiger partial charge in [0.05, 0.1) is 16.9 Å². The zero-order valence-corrected chi connectivity index (χ0v) is 14.7. The molecular weight excluding hydrogens is 316 g/mol. The Hall–Kier alpha value is -3.02. The lowest BCUT2D eigenvalue weighted by Gasteiger charge is -2.15. The number of nitrogens with zero attached hydrogens (tertiary/aromatic N) is 4. The van der Waals surface area contributed by atoms with Crippen LogP contribution in [0.25, 0.3) is 5.65 Å². The molecule has 0 bridgehead atoms. The first kappa shape index (κ1) is 16.8. The second-order valence-corrected chi connectivity index (χ2v) is 7.02. The number of hydrogen-bond acceptors (Lipinski definition) is 4. The fraction of sp³-hybridized carbons (Fsp3) is 0.263. The van der Waals surface area contributed by atoms with Crippen molar-refractivity contribution in [3.63, 3.8) is 0 Å². The van der Waals surface area contributed by atoms with Gasteiger partial charge in [0.2, 0.25) is 0 Å². The van der Waals surface area contributed by atoms with Crippen LogP contribution >= 0.6 is 0 Å². The zero-order chi connectivity index (χ0) is 18.2. The molecule has 3 rings (SSSR count). The Morgan fingerprint density at radius 2 is 1.80 bits per heavy atom. The van der Waals surface area contributed by atoms with Crippen LogP contribution in [0.1, 0.15) is 42.4 Å². The quantitative estimate of drug-likeness (QED) is 0.679. The second kappa shape index (κ2) is 6.12. The molecule has 2 aromatic heterocycles. The highest BCUT2D eigenvalue weighted by Crippen LogP contribution is 2.33. The number of fused-ring (bicyclic) bond motifs is 1. The summed E-state index contributed by atoms with van der Waals surface area (Å²) >= 11 is 0. The summed E-state index contributed by atoms with van der Waals surface area (Å²) in [5, 5.41) is 17.6. The number of aryl methyl sites for hydroxylation is 1. The Balaban J connectivity index is 2.06. The fourth-order valence-electron chi connectivity index (χ4n) is 2.51. The van der Waals surface area contributed by atoms with Crippen LogP contribution in [0.4, 0.5) is 11.5 Å². The van der Waals surface area contributed by atoms with Gasteiger partial charge in [0.25, 0.3) is 0 Å². The van der Waals surface area contributed by atoms with Crippen molar-refractivity contribution in [2.24, 2.45) is 10.2 Å². The van der Waals surface area contributed by atoms with Crippen LogP contribution in [0.5, 0.6) is 0 Å². The lowest BCUT2D eigenvalue weighted by molar-refractivity contribution is 0.0697. The average molecular weight is 336 g/mol. The summed E-state index contributed by atoms with van der Waals surface area (Å²) in [6.45, 7) is 8.28. The van der Waals surface area contributed by atoms with Crippen LogP contribution in [0.15, 0.2) is 52.8 Å². The van der Waals surface area contributed by atoms with Gasteiger partial charge in [-0.05, 0) is 48.9 Å². The monoisotopic (exact) mass is 336 g/mol. The van der Waals surface area contributed by atoms with Gasteiger partial charge in [-0.3, -0.25) is 4.40 Å². The molecule has 0 amide bonds. The van der Waals surface area contributed by atoms with Gasteiger partial charge in [-0.15, -0.1) is 10.2 Å². The molecule has 0 fully saturated rings. The molecule has 0 aliphatic heterocycles. The minimum absolute atomic E-state index is 0.179. The highest BCUT2D eigenvalue weighted by atomic mass is 16.4. The topological polar surface area (TPSA) is 79.3 Å². The Bertz CT molecular complexity index is 963. The lowest BCUT2D eigenvalue weighted by atomic mass is 9.92. The minimum atomic E-state index is -0.962. The molecule has 1 N–H and O–H groups in total. The molecule has 3 aromatic rings. The molecule has 0 atom stereocenters. The first-order valence-corrected chi connectivity index (χ1v) is 8.00. The number of azo groups is 1. The van der Waals surface area contributed by atoms with Crippen LogP contribution in [0.2, 0.25) is 0 Å². The molecular formula is C19H20N4O2.